The Morgan fingerprint density at radius 1 is 1.18 bits per heavy atom. The molecular weight excluding hydrogens is 382 g/mol. The number of benzene rings is 2. The molecule has 28 heavy (non-hydrogen) atoms. The van der Waals surface area contributed by atoms with Crippen molar-refractivity contribution in [1.82, 2.24) is 4.90 Å². The molecule has 2 aliphatic heterocycles. The predicted octanol–water partition coefficient (Wildman–Crippen LogP) is 3.90. The summed E-state index contributed by atoms with van der Waals surface area (Å²) >= 11 is 1.46. The Bertz CT molecular complexity index is 965. The molecule has 0 saturated carbocycles. The number of hydrogen-bond acceptors (Lipinski definition) is 3. The van der Waals surface area contributed by atoms with E-state index in [1.807, 2.05) is 38.1 Å². The second-order valence-electron chi connectivity index (χ2n) is 7.29. The smallest absolute Gasteiger partial charge is 0.268 e. The van der Waals surface area contributed by atoms with E-state index in [4.69, 9.17) is 0 Å². The van der Waals surface area contributed by atoms with Gasteiger partial charge in [0.2, 0.25) is 5.91 Å². The van der Waals surface area contributed by atoms with Crippen LogP contribution >= 0.6 is 11.8 Å². The van der Waals surface area contributed by atoms with Gasteiger partial charge >= 0.3 is 0 Å². The number of fused-ring (bicyclic) bond motifs is 2. The molecule has 1 fully saturated rings. The number of anilines is 1. The number of amides is 2. The van der Waals surface area contributed by atoms with Gasteiger partial charge in [-0.1, -0.05) is 38.1 Å². The van der Waals surface area contributed by atoms with Gasteiger partial charge in [0.1, 0.15) is 0 Å². The van der Waals surface area contributed by atoms with Crippen molar-refractivity contribution >= 4 is 29.3 Å². The highest BCUT2D eigenvalue weighted by Crippen LogP contribution is 2.54. The van der Waals surface area contributed by atoms with E-state index in [0.29, 0.717) is 23.5 Å². The first-order chi connectivity index (χ1) is 13.4. The van der Waals surface area contributed by atoms with E-state index in [1.54, 1.807) is 9.80 Å². The third-order valence-electron chi connectivity index (χ3n) is 5.19. The van der Waals surface area contributed by atoms with Crippen molar-refractivity contribution in [3.05, 3.63) is 65.2 Å². The molecule has 4 rings (SSSR count). The normalized spacial score (nSPS) is 21.1. The Kier molecular flexibility index (Phi) is 4.65. The number of halogens is 2. The highest BCUT2D eigenvalue weighted by molar-refractivity contribution is 8.01. The summed E-state index contributed by atoms with van der Waals surface area (Å²) in [6, 6.07) is 11.0. The fraction of sp³-hybridized carbons (Fsp3) is 0.333. The molecule has 0 aliphatic carbocycles. The summed E-state index contributed by atoms with van der Waals surface area (Å²) in [5, 5.41) is 0. The second-order valence-corrected chi connectivity index (χ2v) is 8.58. The van der Waals surface area contributed by atoms with Gasteiger partial charge in [-0.15, -0.1) is 11.8 Å². The number of carbonyl (C=O) groups is 2. The summed E-state index contributed by atoms with van der Waals surface area (Å²) in [4.78, 5) is 28.6. The number of para-hydroxylation sites is 1. The van der Waals surface area contributed by atoms with E-state index >= 15 is 0 Å². The molecule has 0 bridgehead atoms. The van der Waals surface area contributed by atoms with Crippen LogP contribution in [0.1, 0.15) is 25.0 Å². The highest BCUT2D eigenvalue weighted by Gasteiger charge is 2.59. The maximum Gasteiger partial charge on any atom is 0.268 e. The quantitative estimate of drug-likeness (QED) is 0.782. The zero-order chi connectivity index (χ0) is 20.1. The lowest BCUT2D eigenvalue weighted by Gasteiger charge is -2.34. The minimum Gasteiger partial charge on any atom is -0.315 e. The van der Waals surface area contributed by atoms with Crippen molar-refractivity contribution < 1.29 is 18.4 Å². The van der Waals surface area contributed by atoms with E-state index < -0.39 is 16.5 Å². The fourth-order valence-corrected chi connectivity index (χ4v) is 5.35. The lowest BCUT2D eigenvalue weighted by Crippen LogP contribution is -2.51. The predicted molar refractivity (Wildman–Crippen MR) is 105 cm³/mol. The summed E-state index contributed by atoms with van der Waals surface area (Å²) in [6.45, 7) is 4.26. The molecular formula is C21H20F2N2O2S. The summed E-state index contributed by atoms with van der Waals surface area (Å²) in [6.07, 6.45) is 0. The van der Waals surface area contributed by atoms with Gasteiger partial charge in [-0.3, -0.25) is 9.59 Å². The summed E-state index contributed by atoms with van der Waals surface area (Å²) in [7, 11) is 0. The molecule has 0 aromatic heterocycles. The van der Waals surface area contributed by atoms with Crippen molar-refractivity contribution in [1.29, 1.82) is 0 Å². The largest absolute Gasteiger partial charge is 0.315 e. The van der Waals surface area contributed by atoms with Crippen molar-refractivity contribution in [3.63, 3.8) is 0 Å². The van der Waals surface area contributed by atoms with Crippen molar-refractivity contribution in [2.45, 2.75) is 25.3 Å². The van der Waals surface area contributed by atoms with Crippen LogP contribution in [0.5, 0.6) is 0 Å². The van der Waals surface area contributed by atoms with Crippen LogP contribution in [-0.4, -0.2) is 29.0 Å². The molecule has 2 aromatic rings. The monoisotopic (exact) mass is 402 g/mol. The topological polar surface area (TPSA) is 40.6 Å². The Balaban J connectivity index is 1.78. The van der Waals surface area contributed by atoms with Gasteiger partial charge in [0.05, 0.1) is 12.2 Å². The third kappa shape index (κ3) is 2.71. The molecule has 0 radical (unpaired) electrons. The van der Waals surface area contributed by atoms with E-state index in [-0.39, 0.29) is 24.3 Å². The van der Waals surface area contributed by atoms with Crippen LogP contribution in [0.15, 0.2) is 42.5 Å². The van der Waals surface area contributed by atoms with Gasteiger partial charge in [0, 0.05) is 23.8 Å². The van der Waals surface area contributed by atoms with Crippen LogP contribution < -0.4 is 4.90 Å². The average Bonchev–Trinajstić information content (AvgIpc) is 3.21. The number of rotatable bonds is 3. The number of thioether (sulfide) groups is 1. The minimum absolute atomic E-state index is 0.0668. The van der Waals surface area contributed by atoms with Crippen LogP contribution in [0, 0.1) is 17.6 Å². The molecule has 7 heteroatoms. The zero-order valence-corrected chi connectivity index (χ0v) is 16.4. The summed E-state index contributed by atoms with van der Waals surface area (Å²) < 4.78 is 26.9. The second kappa shape index (κ2) is 6.88. The number of carbonyl (C=O) groups excluding carboxylic acids is 2. The standard InChI is InChI=1S/C21H20F2N2O2S/c1-13(2)19(26)25-9-10-28-21(25)15-5-3-4-6-18(15)24(20(21)27)12-14-7-8-16(22)17(23)11-14/h3-8,11,13H,9-10,12H2,1-2H3. The van der Waals surface area contributed by atoms with Crippen molar-refractivity contribution in [2.24, 2.45) is 5.92 Å². The number of hydrogen-bond donors (Lipinski definition) is 0. The molecule has 2 amide bonds. The van der Waals surface area contributed by atoms with Crippen LogP contribution in [0.3, 0.4) is 0 Å². The summed E-state index contributed by atoms with van der Waals surface area (Å²) in [5.74, 6) is -1.71. The van der Waals surface area contributed by atoms with Gasteiger partial charge in [0.15, 0.2) is 16.5 Å². The maximum absolute atomic E-state index is 13.7. The summed E-state index contributed by atoms with van der Waals surface area (Å²) in [5.41, 5.74) is 1.97. The van der Waals surface area contributed by atoms with Crippen molar-refractivity contribution in [2.75, 3.05) is 17.2 Å². The van der Waals surface area contributed by atoms with E-state index in [2.05, 4.69) is 0 Å². The molecule has 1 saturated heterocycles. The molecule has 4 nitrogen and oxygen atoms in total. The zero-order valence-electron chi connectivity index (χ0n) is 15.6. The van der Waals surface area contributed by atoms with Crippen LogP contribution in [0.25, 0.3) is 0 Å². The Morgan fingerprint density at radius 2 is 1.93 bits per heavy atom. The molecule has 1 atom stereocenters. The average molecular weight is 402 g/mol. The van der Waals surface area contributed by atoms with Gasteiger partial charge in [0.25, 0.3) is 5.91 Å². The number of nitrogens with zero attached hydrogens (tertiary/aromatic N) is 2. The van der Waals surface area contributed by atoms with Gasteiger partial charge in [-0.05, 0) is 23.8 Å². The first-order valence-electron chi connectivity index (χ1n) is 9.17. The van der Waals surface area contributed by atoms with Crippen LogP contribution in [-0.2, 0) is 21.0 Å². The SMILES string of the molecule is CC(C)C(=O)N1CCSC12C(=O)N(Cc1ccc(F)c(F)c1)c1ccccc12. The van der Waals surface area contributed by atoms with E-state index in [1.165, 1.54) is 17.8 Å². The maximum atomic E-state index is 13.7. The van der Waals surface area contributed by atoms with Gasteiger partial charge in [-0.2, -0.15) is 0 Å². The van der Waals surface area contributed by atoms with Crippen molar-refractivity contribution in [3.8, 4) is 0 Å². The van der Waals surface area contributed by atoms with Gasteiger partial charge < -0.3 is 9.80 Å². The molecule has 146 valence electrons. The Morgan fingerprint density at radius 3 is 2.64 bits per heavy atom. The van der Waals surface area contributed by atoms with E-state index in [9.17, 15) is 18.4 Å². The molecule has 2 aliphatic rings. The van der Waals surface area contributed by atoms with E-state index in [0.717, 1.165) is 17.7 Å². The molecule has 2 heterocycles. The lowest BCUT2D eigenvalue weighted by atomic mass is 10.0. The van der Waals surface area contributed by atoms with Crippen LogP contribution in [0.2, 0.25) is 0 Å². The first-order valence-corrected chi connectivity index (χ1v) is 10.2. The molecule has 2 aromatic carbocycles. The van der Waals surface area contributed by atoms with Gasteiger partial charge in [-0.25, -0.2) is 8.78 Å². The Hall–Kier alpha value is -2.41. The molecule has 1 spiro atoms. The Labute approximate surface area is 166 Å². The fourth-order valence-electron chi connectivity index (χ4n) is 3.88. The molecule has 0 N–H and O–H groups in total. The van der Waals surface area contributed by atoms with Crippen LogP contribution in [0.4, 0.5) is 14.5 Å². The third-order valence-corrected chi connectivity index (χ3v) is 6.60. The minimum atomic E-state index is -1.09. The molecule has 1 unspecified atom stereocenters. The highest BCUT2D eigenvalue weighted by atomic mass is 32.2. The lowest BCUT2D eigenvalue weighted by molar-refractivity contribution is -0.142. The first kappa shape index (κ1) is 18.9.